The van der Waals surface area contributed by atoms with Gasteiger partial charge in [-0.15, -0.1) is 0 Å². The van der Waals surface area contributed by atoms with Crippen molar-refractivity contribution in [1.82, 2.24) is 9.88 Å². The number of aliphatic hydroxyl groups excluding tert-OH is 1. The van der Waals surface area contributed by atoms with Crippen LogP contribution in [0.25, 0.3) is 0 Å². The zero-order valence-corrected chi connectivity index (χ0v) is 10.6. The van der Waals surface area contributed by atoms with Crippen molar-refractivity contribution in [1.29, 1.82) is 0 Å². The molecule has 1 N–H and O–H groups in total. The predicted molar refractivity (Wildman–Crippen MR) is 68.7 cm³/mol. The van der Waals surface area contributed by atoms with Crippen molar-refractivity contribution in [3.05, 3.63) is 29.6 Å². The van der Waals surface area contributed by atoms with Gasteiger partial charge in [0.15, 0.2) is 0 Å². The molecule has 1 aromatic rings. The van der Waals surface area contributed by atoms with Crippen molar-refractivity contribution < 1.29 is 5.11 Å². The van der Waals surface area contributed by atoms with Crippen molar-refractivity contribution in [2.45, 2.75) is 45.2 Å². The van der Waals surface area contributed by atoms with Gasteiger partial charge in [-0.25, -0.2) is 0 Å². The number of rotatable bonds is 6. The highest BCUT2D eigenvalue weighted by atomic mass is 16.3. The molecule has 17 heavy (non-hydrogen) atoms. The van der Waals surface area contributed by atoms with Crippen LogP contribution in [-0.4, -0.2) is 34.2 Å². The average Bonchev–Trinajstić information content (AvgIpc) is 2.23. The lowest BCUT2D eigenvalue weighted by molar-refractivity contribution is 0.109. The molecule has 3 heteroatoms. The van der Waals surface area contributed by atoms with E-state index in [1.165, 1.54) is 30.4 Å². The summed E-state index contributed by atoms with van der Waals surface area (Å²) in [5, 5.41) is 8.96. The van der Waals surface area contributed by atoms with Gasteiger partial charge in [-0.05, 0) is 37.3 Å². The minimum Gasteiger partial charge on any atom is -0.396 e. The van der Waals surface area contributed by atoms with Gasteiger partial charge in [0.25, 0.3) is 0 Å². The second-order valence-electron chi connectivity index (χ2n) is 5.00. The van der Waals surface area contributed by atoms with E-state index in [9.17, 15) is 0 Å². The fraction of sp³-hybridized carbons (Fsp3) is 0.643. The monoisotopic (exact) mass is 234 g/mol. The zero-order chi connectivity index (χ0) is 12.1. The van der Waals surface area contributed by atoms with E-state index < -0.39 is 0 Å². The largest absolute Gasteiger partial charge is 0.396 e. The Morgan fingerprint density at radius 1 is 1.41 bits per heavy atom. The molecular formula is C14H22N2O. The summed E-state index contributed by atoms with van der Waals surface area (Å²) in [6, 6.07) is 2.93. The van der Waals surface area contributed by atoms with Crippen LogP contribution in [0, 0.1) is 6.92 Å². The van der Waals surface area contributed by atoms with Gasteiger partial charge in [0.2, 0.25) is 0 Å². The summed E-state index contributed by atoms with van der Waals surface area (Å²) in [6.07, 6.45) is 8.69. The number of nitrogens with zero attached hydrogens (tertiary/aromatic N) is 2. The van der Waals surface area contributed by atoms with Crippen LogP contribution >= 0.6 is 0 Å². The highest BCUT2D eigenvalue weighted by molar-refractivity contribution is 5.16. The maximum Gasteiger partial charge on any atom is 0.0443 e. The Hall–Kier alpha value is -0.930. The molecule has 1 aromatic heterocycles. The van der Waals surface area contributed by atoms with E-state index in [2.05, 4.69) is 22.9 Å². The minimum absolute atomic E-state index is 0.287. The Labute approximate surface area is 103 Å². The first-order valence-electron chi connectivity index (χ1n) is 6.55. The standard InChI is InChI=1S/C14H22N2O/c1-12-8-13(10-15-9-12)11-16(6-3-7-17)14-4-2-5-14/h8-10,14,17H,2-7,11H2,1H3. The Kier molecular flexibility index (Phi) is 4.51. The van der Waals surface area contributed by atoms with Crippen molar-refractivity contribution in [2.75, 3.05) is 13.2 Å². The molecule has 0 aliphatic heterocycles. The number of hydrogen-bond acceptors (Lipinski definition) is 3. The van der Waals surface area contributed by atoms with Crippen LogP contribution in [0.4, 0.5) is 0 Å². The number of aliphatic hydroxyl groups is 1. The molecule has 0 atom stereocenters. The van der Waals surface area contributed by atoms with E-state index in [1.54, 1.807) is 0 Å². The average molecular weight is 234 g/mol. The second-order valence-corrected chi connectivity index (χ2v) is 5.00. The molecule has 3 nitrogen and oxygen atoms in total. The molecule has 1 aliphatic carbocycles. The van der Waals surface area contributed by atoms with E-state index in [0.29, 0.717) is 0 Å². The fourth-order valence-electron chi connectivity index (χ4n) is 2.35. The molecule has 1 heterocycles. The van der Waals surface area contributed by atoms with Crippen LogP contribution in [-0.2, 0) is 6.54 Å². The highest BCUT2D eigenvalue weighted by Gasteiger charge is 2.24. The number of hydrogen-bond donors (Lipinski definition) is 1. The van der Waals surface area contributed by atoms with Gasteiger partial charge < -0.3 is 5.11 Å². The topological polar surface area (TPSA) is 36.4 Å². The van der Waals surface area contributed by atoms with E-state index in [1.807, 2.05) is 12.4 Å². The second kappa shape index (κ2) is 6.12. The third kappa shape index (κ3) is 3.51. The molecule has 0 saturated heterocycles. The van der Waals surface area contributed by atoms with Crippen molar-refractivity contribution in [3.63, 3.8) is 0 Å². The molecule has 1 aliphatic rings. The van der Waals surface area contributed by atoms with Gasteiger partial charge in [-0.3, -0.25) is 9.88 Å². The van der Waals surface area contributed by atoms with E-state index in [4.69, 9.17) is 5.11 Å². The van der Waals surface area contributed by atoms with Crippen LogP contribution < -0.4 is 0 Å². The van der Waals surface area contributed by atoms with Gasteiger partial charge in [0, 0.05) is 38.1 Å². The Morgan fingerprint density at radius 3 is 2.82 bits per heavy atom. The molecular weight excluding hydrogens is 212 g/mol. The van der Waals surface area contributed by atoms with Crippen LogP contribution in [0.15, 0.2) is 18.5 Å². The van der Waals surface area contributed by atoms with Gasteiger partial charge in [0.05, 0.1) is 0 Å². The Bertz CT molecular complexity index is 350. The van der Waals surface area contributed by atoms with Crippen LogP contribution in [0.5, 0.6) is 0 Å². The van der Waals surface area contributed by atoms with Crippen LogP contribution in [0.2, 0.25) is 0 Å². The third-order valence-corrected chi connectivity index (χ3v) is 3.51. The van der Waals surface area contributed by atoms with Gasteiger partial charge in [0.1, 0.15) is 0 Å². The molecule has 1 fully saturated rings. The zero-order valence-electron chi connectivity index (χ0n) is 10.6. The minimum atomic E-state index is 0.287. The number of aryl methyl sites for hydroxylation is 1. The molecule has 2 rings (SSSR count). The summed E-state index contributed by atoms with van der Waals surface area (Å²) < 4.78 is 0. The van der Waals surface area contributed by atoms with E-state index in [-0.39, 0.29) is 6.61 Å². The smallest absolute Gasteiger partial charge is 0.0443 e. The van der Waals surface area contributed by atoms with Crippen LogP contribution in [0.1, 0.15) is 36.8 Å². The summed E-state index contributed by atoms with van der Waals surface area (Å²) >= 11 is 0. The molecule has 94 valence electrons. The third-order valence-electron chi connectivity index (χ3n) is 3.51. The molecule has 0 spiro atoms. The maximum atomic E-state index is 8.96. The highest BCUT2D eigenvalue weighted by Crippen LogP contribution is 2.26. The lowest BCUT2D eigenvalue weighted by atomic mass is 9.91. The SMILES string of the molecule is Cc1cncc(CN(CCCO)C2CCC2)c1. The first kappa shape index (κ1) is 12.5. The van der Waals surface area contributed by atoms with E-state index >= 15 is 0 Å². The maximum absolute atomic E-state index is 8.96. The Morgan fingerprint density at radius 2 is 2.24 bits per heavy atom. The first-order chi connectivity index (χ1) is 8.29. The van der Waals surface area contributed by atoms with Crippen molar-refractivity contribution in [3.8, 4) is 0 Å². The van der Waals surface area contributed by atoms with Gasteiger partial charge in [-0.1, -0.05) is 12.5 Å². The first-order valence-corrected chi connectivity index (χ1v) is 6.55. The summed E-state index contributed by atoms with van der Waals surface area (Å²) in [7, 11) is 0. The molecule has 0 amide bonds. The number of pyridine rings is 1. The van der Waals surface area contributed by atoms with Crippen molar-refractivity contribution >= 4 is 0 Å². The molecule has 0 unspecified atom stereocenters. The molecule has 0 radical (unpaired) electrons. The molecule has 0 bridgehead atoms. The van der Waals surface area contributed by atoms with Gasteiger partial charge >= 0.3 is 0 Å². The summed E-state index contributed by atoms with van der Waals surface area (Å²) in [5.41, 5.74) is 2.51. The lowest BCUT2D eigenvalue weighted by Gasteiger charge is -2.37. The number of aromatic nitrogens is 1. The van der Waals surface area contributed by atoms with E-state index in [0.717, 1.165) is 25.6 Å². The normalized spacial score (nSPS) is 16.2. The summed E-state index contributed by atoms with van der Waals surface area (Å²) in [4.78, 5) is 6.74. The lowest BCUT2D eigenvalue weighted by Crippen LogP contribution is -2.40. The van der Waals surface area contributed by atoms with Crippen LogP contribution in [0.3, 0.4) is 0 Å². The summed E-state index contributed by atoms with van der Waals surface area (Å²) in [6.45, 7) is 4.33. The molecule has 0 aromatic carbocycles. The fourth-order valence-corrected chi connectivity index (χ4v) is 2.35. The van der Waals surface area contributed by atoms with Gasteiger partial charge in [-0.2, -0.15) is 0 Å². The predicted octanol–water partition coefficient (Wildman–Crippen LogP) is 2.13. The summed E-state index contributed by atoms with van der Waals surface area (Å²) in [5.74, 6) is 0. The quantitative estimate of drug-likeness (QED) is 0.819. The molecule has 1 saturated carbocycles. The Balaban J connectivity index is 1.95. The van der Waals surface area contributed by atoms with Crippen molar-refractivity contribution in [2.24, 2.45) is 0 Å².